The summed E-state index contributed by atoms with van der Waals surface area (Å²) in [5, 5.41) is 30.2. The van der Waals surface area contributed by atoms with Crippen LogP contribution in [-0.4, -0.2) is 45.1 Å². The standard InChI is InChI=1S/C24H19FN2O6/c1-32-15-5-8-21(29)18(11-15)23-26-19(17-9-13(25)3-7-20(17)28)12-27(23)14-4-6-16(24(30)31)22(10-14)33-2/h3-12,28-29H,1-2H3,(H,30,31). The molecule has 0 aliphatic rings. The third kappa shape index (κ3) is 4.03. The highest BCUT2D eigenvalue weighted by atomic mass is 19.1. The number of ether oxygens (including phenoxy) is 2. The van der Waals surface area contributed by atoms with Gasteiger partial charge in [-0.05, 0) is 48.5 Å². The molecule has 0 fully saturated rings. The monoisotopic (exact) mass is 450 g/mol. The number of aromatic hydroxyl groups is 2. The lowest BCUT2D eigenvalue weighted by Crippen LogP contribution is -2.03. The Balaban J connectivity index is 1.99. The van der Waals surface area contributed by atoms with Crippen molar-refractivity contribution in [2.75, 3.05) is 14.2 Å². The maximum atomic E-state index is 13.9. The average molecular weight is 450 g/mol. The molecule has 0 aliphatic heterocycles. The van der Waals surface area contributed by atoms with Crippen molar-refractivity contribution in [3.8, 4) is 51.3 Å². The average Bonchev–Trinajstić information content (AvgIpc) is 3.25. The molecule has 33 heavy (non-hydrogen) atoms. The van der Waals surface area contributed by atoms with E-state index in [4.69, 9.17) is 9.47 Å². The summed E-state index contributed by atoms with van der Waals surface area (Å²) in [6.45, 7) is 0. The van der Waals surface area contributed by atoms with Gasteiger partial charge in [0.05, 0.1) is 31.2 Å². The van der Waals surface area contributed by atoms with Crippen LogP contribution in [-0.2, 0) is 0 Å². The van der Waals surface area contributed by atoms with E-state index in [1.54, 1.807) is 22.8 Å². The summed E-state index contributed by atoms with van der Waals surface area (Å²) in [6.07, 6.45) is 1.54. The first-order valence-corrected chi connectivity index (χ1v) is 9.69. The predicted octanol–water partition coefficient (Wildman–Crippen LogP) is 4.47. The van der Waals surface area contributed by atoms with E-state index in [2.05, 4.69) is 4.98 Å². The summed E-state index contributed by atoms with van der Waals surface area (Å²) in [5.41, 5.74) is 1.11. The van der Waals surface area contributed by atoms with E-state index in [0.29, 0.717) is 17.0 Å². The van der Waals surface area contributed by atoms with Crippen LogP contribution < -0.4 is 9.47 Å². The second-order valence-electron chi connectivity index (χ2n) is 7.05. The molecule has 9 heteroatoms. The summed E-state index contributed by atoms with van der Waals surface area (Å²) >= 11 is 0. The molecule has 4 aromatic rings. The van der Waals surface area contributed by atoms with Crippen LogP contribution in [0.2, 0.25) is 0 Å². The molecule has 0 unspecified atom stereocenters. The number of carboxylic acids is 1. The quantitative estimate of drug-likeness (QED) is 0.397. The van der Waals surface area contributed by atoms with Gasteiger partial charge in [-0.2, -0.15) is 0 Å². The van der Waals surface area contributed by atoms with Crippen LogP contribution in [0, 0.1) is 5.82 Å². The molecule has 0 bridgehead atoms. The van der Waals surface area contributed by atoms with Gasteiger partial charge in [0.1, 0.15) is 40.2 Å². The Morgan fingerprint density at radius 3 is 2.36 bits per heavy atom. The molecule has 0 aliphatic carbocycles. The molecule has 0 saturated carbocycles. The number of carboxylic acid groups (broad SMARTS) is 1. The topological polar surface area (TPSA) is 114 Å². The van der Waals surface area contributed by atoms with E-state index in [9.17, 15) is 24.5 Å². The minimum atomic E-state index is -1.15. The highest BCUT2D eigenvalue weighted by Gasteiger charge is 2.20. The number of hydrogen-bond donors (Lipinski definition) is 3. The van der Waals surface area contributed by atoms with E-state index in [-0.39, 0.29) is 39.9 Å². The Hall–Kier alpha value is -4.53. The van der Waals surface area contributed by atoms with Crippen LogP contribution in [0.25, 0.3) is 28.3 Å². The number of rotatable bonds is 6. The van der Waals surface area contributed by atoms with Crippen molar-refractivity contribution in [2.24, 2.45) is 0 Å². The van der Waals surface area contributed by atoms with Gasteiger partial charge >= 0.3 is 5.97 Å². The molecule has 0 amide bonds. The lowest BCUT2D eigenvalue weighted by molar-refractivity contribution is 0.0693. The Labute approximate surface area is 187 Å². The highest BCUT2D eigenvalue weighted by Crippen LogP contribution is 2.38. The van der Waals surface area contributed by atoms with Crippen LogP contribution >= 0.6 is 0 Å². The van der Waals surface area contributed by atoms with E-state index in [0.717, 1.165) is 12.1 Å². The molecule has 0 radical (unpaired) electrons. The number of aromatic nitrogens is 2. The van der Waals surface area contributed by atoms with E-state index in [1.807, 2.05) is 0 Å². The van der Waals surface area contributed by atoms with Crippen LogP contribution in [0.3, 0.4) is 0 Å². The second kappa shape index (κ2) is 8.54. The molecule has 3 N–H and O–H groups in total. The second-order valence-corrected chi connectivity index (χ2v) is 7.05. The van der Waals surface area contributed by atoms with E-state index in [1.165, 1.54) is 44.7 Å². The van der Waals surface area contributed by atoms with Crippen LogP contribution in [0.5, 0.6) is 23.0 Å². The minimum Gasteiger partial charge on any atom is -0.507 e. The molecular weight excluding hydrogens is 431 g/mol. The zero-order chi connectivity index (χ0) is 23.7. The molecule has 0 atom stereocenters. The Kier molecular flexibility index (Phi) is 5.61. The normalized spacial score (nSPS) is 10.8. The zero-order valence-corrected chi connectivity index (χ0v) is 17.6. The van der Waals surface area contributed by atoms with E-state index >= 15 is 0 Å². The van der Waals surface area contributed by atoms with Gasteiger partial charge in [-0.1, -0.05) is 0 Å². The molecule has 0 spiro atoms. The van der Waals surface area contributed by atoms with Crippen molar-refractivity contribution < 1.29 is 34.0 Å². The lowest BCUT2D eigenvalue weighted by atomic mass is 10.1. The van der Waals surface area contributed by atoms with E-state index < -0.39 is 11.8 Å². The fourth-order valence-corrected chi connectivity index (χ4v) is 3.44. The zero-order valence-electron chi connectivity index (χ0n) is 17.6. The van der Waals surface area contributed by atoms with Crippen molar-refractivity contribution in [3.63, 3.8) is 0 Å². The van der Waals surface area contributed by atoms with Gasteiger partial charge in [0, 0.05) is 17.8 Å². The summed E-state index contributed by atoms with van der Waals surface area (Å²) in [6, 6.07) is 12.5. The molecular formula is C24H19FN2O6. The van der Waals surface area contributed by atoms with Gasteiger partial charge in [0.15, 0.2) is 0 Å². The third-order valence-corrected chi connectivity index (χ3v) is 5.08. The minimum absolute atomic E-state index is 0.0323. The molecule has 8 nitrogen and oxygen atoms in total. The first-order chi connectivity index (χ1) is 15.8. The first-order valence-electron chi connectivity index (χ1n) is 9.69. The number of phenols is 2. The summed E-state index contributed by atoms with van der Waals surface area (Å²) in [7, 11) is 2.83. The fraction of sp³-hybridized carbons (Fsp3) is 0.0833. The van der Waals surface area contributed by atoms with Crippen molar-refractivity contribution in [2.45, 2.75) is 0 Å². The summed E-state index contributed by atoms with van der Waals surface area (Å²) < 4.78 is 26.0. The first kappa shape index (κ1) is 21.7. The summed E-state index contributed by atoms with van der Waals surface area (Å²) in [4.78, 5) is 16.0. The molecule has 1 aromatic heterocycles. The number of hydrogen-bond acceptors (Lipinski definition) is 6. The fourth-order valence-electron chi connectivity index (χ4n) is 3.44. The van der Waals surface area contributed by atoms with Gasteiger partial charge in [-0.3, -0.25) is 4.57 Å². The molecule has 0 saturated heterocycles. The Bertz CT molecular complexity index is 1370. The number of benzene rings is 3. The van der Waals surface area contributed by atoms with Gasteiger partial charge in [0.25, 0.3) is 0 Å². The maximum absolute atomic E-state index is 13.9. The van der Waals surface area contributed by atoms with Crippen LogP contribution in [0.4, 0.5) is 4.39 Å². The van der Waals surface area contributed by atoms with Gasteiger partial charge < -0.3 is 24.8 Å². The van der Waals surface area contributed by atoms with Crippen LogP contribution in [0.1, 0.15) is 10.4 Å². The van der Waals surface area contributed by atoms with Crippen molar-refractivity contribution >= 4 is 5.97 Å². The number of methoxy groups -OCH3 is 2. The number of phenolic OH excluding ortho intramolecular Hbond substituents is 2. The van der Waals surface area contributed by atoms with Crippen molar-refractivity contribution in [1.82, 2.24) is 9.55 Å². The van der Waals surface area contributed by atoms with Crippen molar-refractivity contribution in [1.29, 1.82) is 0 Å². The molecule has 1 heterocycles. The molecule has 4 rings (SSSR count). The lowest BCUT2D eigenvalue weighted by Gasteiger charge is -2.12. The summed E-state index contributed by atoms with van der Waals surface area (Å²) in [5.74, 6) is -1.16. The third-order valence-electron chi connectivity index (χ3n) is 5.08. The Morgan fingerprint density at radius 2 is 1.67 bits per heavy atom. The van der Waals surface area contributed by atoms with Gasteiger partial charge in [0.2, 0.25) is 0 Å². The molecule has 168 valence electrons. The highest BCUT2D eigenvalue weighted by molar-refractivity contribution is 5.91. The number of nitrogens with zero attached hydrogens (tertiary/aromatic N) is 2. The number of imidazole rings is 1. The Morgan fingerprint density at radius 1 is 0.939 bits per heavy atom. The van der Waals surface area contributed by atoms with Crippen LogP contribution in [0.15, 0.2) is 60.8 Å². The van der Waals surface area contributed by atoms with Gasteiger partial charge in [-0.25, -0.2) is 14.2 Å². The predicted molar refractivity (Wildman–Crippen MR) is 118 cm³/mol. The number of aromatic carboxylic acids is 1. The van der Waals surface area contributed by atoms with Crippen molar-refractivity contribution in [3.05, 3.63) is 72.2 Å². The largest absolute Gasteiger partial charge is 0.507 e. The SMILES string of the molecule is COc1ccc(O)c(-c2nc(-c3cc(F)ccc3O)cn2-c2ccc(C(=O)O)c(OC)c2)c1. The van der Waals surface area contributed by atoms with Gasteiger partial charge in [-0.15, -0.1) is 0 Å². The number of halogens is 1. The molecule has 3 aromatic carbocycles. The number of carbonyl (C=O) groups is 1. The smallest absolute Gasteiger partial charge is 0.339 e. The maximum Gasteiger partial charge on any atom is 0.339 e.